The summed E-state index contributed by atoms with van der Waals surface area (Å²) in [6, 6.07) is 24.6. The van der Waals surface area contributed by atoms with Crippen LogP contribution in [0.25, 0.3) is 16.3 Å². The zero-order valence-corrected chi connectivity index (χ0v) is 14.9. The summed E-state index contributed by atoms with van der Waals surface area (Å²) in [6.07, 6.45) is 0.737. The van der Waals surface area contributed by atoms with Crippen LogP contribution in [0.3, 0.4) is 0 Å². The zero-order chi connectivity index (χ0) is 18.2. The minimum atomic E-state index is 0.389. The fourth-order valence-electron chi connectivity index (χ4n) is 2.84. The van der Waals surface area contributed by atoms with Crippen molar-refractivity contribution < 1.29 is 4.74 Å². The number of fused-ring (bicyclic) bond motifs is 1. The van der Waals surface area contributed by atoms with Gasteiger partial charge in [-0.2, -0.15) is 0 Å². The van der Waals surface area contributed by atoms with Gasteiger partial charge in [-0.15, -0.1) is 0 Å². The van der Waals surface area contributed by atoms with Crippen molar-refractivity contribution in [1.82, 2.24) is 0 Å². The van der Waals surface area contributed by atoms with Crippen LogP contribution in [0, 0.1) is 11.8 Å². The van der Waals surface area contributed by atoms with E-state index in [-0.39, 0.29) is 0 Å². The fraction of sp³-hybridized carbons (Fsp3) is 0.120. The van der Waals surface area contributed by atoms with Crippen LogP contribution in [0.1, 0.15) is 17.5 Å². The van der Waals surface area contributed by atoms with Crippen LogP contribution < -0.4 is 0 Å². The number of allylic oxidation sites excluding steroid dienone is 1. The zero-order valence-electron chi connectivity index (χ0n) is 14.9. The maximum atomic E-state index is 5.65. The molecule has 0 saturated heterocycles. The van der Waals surface area contributed by atoms with Gasteiger partial charge in [-0.3, -0.25) is 0 Å². The van der Waals surface area contributed by atoms with Gasteiger partial charge in [0.05, 0.1) is 6.61 Å². The topological polar surface area (TPSA) is 9.23 Å². The van der Waals surface area contributed by atoms with Crippen molar-refractivity contribution in [2.24, 2.45) is 0 Å². The molecule has 3 rings (SSSR count). The molecule has 0 aliphatic heterocycles. The summed E-state index contributed by atoms with van der Waals surface area (Å²) in [7, 11) is 0. The second-order valence-electron chi connectivity index (χ2n) is 6.22. The molecule has 0 amide bonds. The van der Waals surface area contributed by atoms with Gasteiger partial charge in [-0.1, -0.05) is 91.7 Å². The van der Waals surface area contributed by atoms with Gasteiger partial charge >= 0.3 is 0 Å². The van der Waals surface area contributed by atoms with Crippen LogP contribution in [-0.4, -0.2) is 13.2 Å². The Labute approximate surface area is 155 Å². The lowest BCUT2D eigenvalue weighted by Crippen LogP contribution is -1.99. The Bertz CT molecular complexity index is 966. The molecule has 0 radical (unpaired) electrons. The molecule has 3 aromatic carbocycles. The number of rotatable bonds is 6. The third kappa shape index (κ3) is 4.72. The van der Waals surface area contributed by atoms with Gasteiger partial charge in [0.15, 0.2) is 0 Å². The highest BCUT2D eigenvalue weighted by molar-refractivity contribution is 5.88. The van der Waals surface area contributed by atoms with E-state index in [4.69, 9.17) is 4.74 Å². The average Bonchev–Trinajstić information content (AvgIpc) is 2.68. The van der Waals surface area contributed by atoms with Crippen LogP contribution in [0.4, 0.5) is 0 Å². The van der Waals surface area contributed by atoms with E-state index in [1.54, 1.807) is 0 Å². The van der Waals surface area contributed by atoms with Crippen molar-refractivity contribution in [3.8, 4) is 11.8 Å². The molecule has 0 unspecified atom stereocenters. The highest BCUT2D eigenvalue weighted by atomic mass is 16.5. The summed E-state index contributed by atoms with van der Waals surface area (Å²) in [6.45, 7) is 9.10. The molecule has 0 bridgehead atoms. The molecule has 26 heavy (non-hydrogen) atoms. The molecule has 0 aliphatic carbocycles. The van der Waals surface area contributed by atoms with Crippen LogP contribution in [0.15, 0.2) is 91.5 Å². The van der Waals surface area contributed by atoms with Gasteiger partial charge in [0.1, 0.15) is 6.61 Å². The Hall–Kier alpha value is -3.08. The van der Waals surface area contributed by atoms with E-state index in [0.29, 0.717) is 13.2 Å². The standard InChI is InChI=1S/C25H22O/c1-20(18-21(2)22-10-4-3-5-11-22)19-26-17-9-15-24-14-8-13-23-12-6-7-16-25(23)24/h3-8,10-14,16H,1-2,17-19H2. The first-order valence-corrected chi connectivity index (χ1v) is 8.68. The largest absolute Gasteiger partial charge is 0.364 e. The predicted molar refractivity (Wildman–Crippen MR) is 111 cm³/mol. The monoisotopic (exact) mass is 338 g/mol. The Morgan fingerprint density at radius 1 is 0.846 bits per heavy atom. The van der Waals surface area contributed by atoms with Crippen molar-refractivity contribution in [3.05, 3.63) is 103 Å². The van der Waals surface area contributed by atoms with Gasteiger partial charge in [-0.25, -0.2) is 0 Å². The third-order valence-corrected chi connectivity index (χ3v) is 4.14. The molecule has 0 aliphatic rings. The Balaban J connectivity index is 1.49. The van der Waals surface area contributed by atoms with Gasteiger partial charge in [0.25, 0.3) is 0 Å². The average molecular weight is 338 g/mol. The number of hydrogen-bond donors (Lipinski definition) is 0. The molecule has 0 N–H and O–H groups in total. The SMILES string of the molecule is C=C(COCC#Cc1cccc2ccccc12)CC(=C)c1ccccc1. The van der Waals surface area contributed by atoms with Crippen molar-refractivity contribution >= 4 is 16.3 Å². The maximum Gasteiger partial charge on any atom is 0.108 e. The van der Waals surface area contributed by atoms with E-state index in [1.165, 1.54) is 10.8 Å². The molecular weight excluding hydrogens is 316 g/mol. The highest BCUT2D eigenvalue weighted by Gasteiger charge is 2.01. The molecule has 1 nitrogen and oxygen atoms in total. The van der Waals surface area contributed by atoms with E-state index < -0.39 is 0 Å². The minimum Gasteiger partial charge on any atom is -0.364 e. The van der Waals surface area contributed by atoms with E-state index >= 15 is 0 Å². The van der Waals surface area contributed by atoms with E-state index in [0.717, 1.165) is 28.7 Å². The van der Waals surface area contributed by atoms with Crippen molar-refractivity contribution in [3.63, 3.8) is 0 Å². The van der Waals surface area contributed by atoms with Gasteiger partial charge < -0.3 is 4.74 Å². The summed E-state index contributed by atoms with van der Waals surface area (Å²) in [4.78, 5) is 0. The molecule has 1 heteroatoms. The molecule has 0 saturated carbocycles. The molecular formula is C25H22O. The smallest absolute Gasteiger partial charge is 0.108 e. The Kier molecular flexibility index (Phi) is 6.04. The lowest BCUT2D eigenvalue weighted by atomic mass is 10.0. The first kappa shape index (κ1) is 17.7. The van der Waals surface area contributed by atoms with Crippen LogP contribution in [0.2, 0.25) is 0 Å². The molecule has 3 aromatic rings. The molecule has 0 heterocycles. The van der Waals surface area contributed by atoms with Gasteiger partial charge in [0.2, 0.25) is 0 Å². The van der Waals surface area contributed by atoms with Gasteiger partial charge in [-0.05, 0) is 40.0 Å². The second kappa shape index (κ2) is 8.85. The summed E-state index contributed by atoms with van der Waals surface area (Å²) in [5.41, 5.74) is 4.24. The summed E-state index contributed by atoms with van der Waals surface area (Å²) in [5, 5.41) is 2.37. The lowest BCUT2D eigenvalue weighted by molar-refractivity contribution is 0.191. The Morgan fingerprint density at radius 3 is 2.42 bits per heavy atom. The molecule has 128 valence electrons. The number of hydrogen-bond acceptors (Lipinski definition) is 1. The van der Waals surface area contributed by atoms with E-state index in [2.05, 4.69) is 55.3 Å². The number of benzene rings is 3. The van der Waals surface area contributed by atoms with E-state index in [9.17, 15) is 0 Å². The second-order valence-corrected chi connectivity index (χ2v) is 6.22. The van der Waals surface area contributed by atoms with Crippen molar-refractivity contribution in [2.75, 3.05) is 13.2 Å². The summed E-state index contributed by atoms with van der Waals surface area (Å²) < 4.78 is 5.65. The van der Waals surface area contributed by atoms with Gasteiger partial charge in [0, 0.05) is 5.56 Å². The molecule has 0 atom stereocenters. The predicted octanol–water partition coefficient (Wildman–Crippen LogP) is 5.87. The molecule has 0 spiro atoms. The van der Waals surface area contributed by atoms with E-state index in [1.807, 2.05) is 42.5 Å². The minimum absolute atomic E-state index is 0.389. The Morgan fingerprint density at radius 2 is 1.58 bits per heavy atom. The van der Waals surface area contributed by atoms with Crippen molar-refractivity contribution in [2.45, 2.75) is 6.42 Å². The molecule has 0 aromatic heterocycles. The first-order chi connectivity index (χ1) is 12.7. The fourth-order valence-corrected chi connectivity index (χ4v) is 2.84. The maximum absolute atomic E-state index is 5.65. The van der Waals surface area contributed by atoms with Crippen LogP contribution in [-0.2, 0) is 4.74 Å². The third-order valence-electron chi connectivity index (χ3n) is 4.14. The highest BCUT2D eigenvalue weighted by Crippen LogP contribution is 2.19. The van der Waals surface area contributed by atoms with Crippen LogP contribution >= 0.6 is 0 Å². The summed E-state index contributed by atoms with van der Waals surface area (Å²) in [5.74, 6) is 6.30. The summed E-state index contributed by atoms with van der Waals surface area (Å²) >= 11 is 0. The quantitative estimate of drug-likeness (QED) is 0.310. The molecule has 0 fully saturated rings. The number of ether oxygens (including phenoxy) is 1. The van der Waals surface area contributed by atoms with Crippen LogP contribution in [0.5, 0.6) is 0 Å². The lowest BCUT2D eigenvalue weighted by Gasteiger charge is -2.08. The van der Waals surface area contributed by atoms with Crippen molar-refractivity contribution in [1.29, 1.82) is 0 Å². The normalized spacial score (nSPS) is 10.2. The first-order valence-electron chi connectivity index (χ1n) is 8.68.